The molecule has 1 heterocycles. The van der Waals surface area contributed by atoms with Crippen LogP contribution in [-0.4, -0.2) is 16.5 Å². The summed E-state index contributed by atoms with van der Waals surface area (Å²) in [5.41, 5.74) is 0.938. The molecule has 5 heteroatoms. The van der Waals surface area contributed by atoms with E-state index in [4.69, 9.17) is 23.2 Å². The lowest BCUT2D eigenvalue weighted by Crippen LogP contribution is -2.24. The monoisotopic (exact) mass is 283 g/mol. The fraction of sp³-hybridized carbons (Fsp3) is 0.308. The second kappa shape index (κ2) is 6.23. The van der Waals surface area contributed by atoms with Gasteiger partial charge in [-0.25, -0.2) is 4.98 Å². The number of hydrogen-bond donors (Lipinski definition) is 2. The van der Waals surface area contributed by atoms with Crippen LogP contribution in [0.1, 0.15) is 30.8 Å². The van der Waals surface area contributed by atoms with E-state index in [1.807, 2.05) is 12.1 Å². The maximum absolute atomic E-state index is 6.25. The highest BCUT2D eigenvalue weighted by Crippen LogP contribution is 2.29. The Bertz CT molecular complexity index is 497. The van der Waals surface area contributed by atoms with Crippen LogP contribution < -0.4 is 5.32 Å². The first-order valence-electron chi connectivity index (χ1n) is 5.90. The highest BCUT2D eigenvalue weighted by Gasteiger charge is 2.18. The number of rotatable bonds is 5. The lowest BCUT2D eigenvalue weighted by molar-refractivity contribution is 0.577. The second-order valence-electron chi connectivity index (χ2n) is 4.03. The Morgan fingerprint density at radius 3 is 2.89 bits per heavy atom. The van der Waals surface area contributed by atoms with Crippen molar-refractivity contribution >= 4 is 23.2 Å². The number of aromatic nitrogens is 2. The van der Waals surface area contributed by atoms with Gasteiger partial charge in [0.2, 0.25) is 0 Å². The highest BCUT2D eigenvalue weighted by atomic mass is 35.5. The molecule has 0 radical (unpaired) electrons. The molecule has 1 atom stereocenters. The van der Waals surface area contributed by atoms with Crippen molar-refractivity contribution in [2.24, 2.45) is 0 Å². The predicted octanol–water partition coefficient (Wildman–Crippen LogP) is 3.81. The third-order valence-corrected chi connectivity index (χ3v) is 3.24. The van der Waals surface area contributed by atoms with Gasteiger partial charge < -0.3 is 10.3 Å². The Hall–Kier alpha value is -1.03. The molecule has 0 bridgehead atoms. The lowest BCUT2D eigenvalue weighted by atomic mass is 10.1. The fourth-order valence-corrected chi connectivity index (χ4v) is 2.22. The molecule has 0 aliphatic carbocycles. The zero-order valence-electron chi connectivity index (χ0n) is 10.1. The molecule has 0 aliphatic heterocycles. The molecule has 0 aliphatic rings. The van der Waals surface area contributed by atoms with E-state index in [1.54, 1.807) is 18.5 Å². The molecule has 1 unspecified atom stereocenters. The SMILES string of the molecule is CCCNC(c1ncc[nH]1)c1cc(Cl)ccc1Cl. The average Bonchev–Trinajstić information content (AvgIpc) is 2.88. The molecule has 2 rings (SSSR count). The largest absolute Gasteiger partial charge is 0.347 e. The van der Waals surface area contributed by atoms with E-state index < -0.39 is 0 Å². The molecule has 0 saturated heterocycles. The van der Waals surface area contributed by atoms with E-state index in [9.17, 15) is 0 Å². The third-order valence-electron chi connectivity index (χ3n) is 2.66. The number of imidazole rings is 1. The van der Waals surface area contributed by atoms with Gasteiger partial charge in [-0.05, 0) is 36.7 Å². The predicted molar refractivity (Wildman–Crippen MR) is 75.2 cm³/mol. The Kier molecular flexibility index (Phi) is 4.64. The molecule has 0 spiro atoms. The Labute approximate surface area is 117 Å². The minimum Gasteiger partial charge on any atom is -0.347 e. The number of benzene rings is 1. The van der Waals surface area contributed by atoms with Gasteiger partial charge in [0.1, 0.15) is 5.82 Å². The van der Waals surface area contributed by atoms with Crippen LogP contribution in [0.15, 0.2) is 30.6 Å². The molecule has 1 aromatic heterocycles. The normalized spacial score (nSPS) is 12.6. The summed E-state index contributed by atoms with van der Waals surface area (Å²) in [7, 11) is 0. The second-order valence-corrected chi connectivity index (χ2v) is 4.87. The Morgan fingerprint density at radius 1 is 1.39 bits per heavy atom. The summed E-state index contributed by atoms with van der Waals surface area (Å²) in [6.07, 6.45) is 4.57. The molecule has 18 heavy (non-hydrogen) atoms. The molecule has 2 aromatic rings. The summed E-state index contributed by atoms with van der Waals surface area (Å²) in [5.74, 6) is 0.840. The van der Waals surface area contributed by atoms with Crippen molar-refractivity contribution in [3.8, 4) is 0 Å². The van der Waals surface area contributed by atoms with Crippen LogP contribution in [0.25, 0.3) is 0 Å². The highest BCUT2D eigenvalue weighted by molar-refractivity contribution is 6.33. The van der Waals surface area contributed by atoms with Gasteiger partial charge in [-0.2, -0.15) is 0 Å². The molecule has 0 fully saturated rings. The standard InChI is InChI=1S/C13H15Cl2N3/c1-2-5-16-12(13-17-6-7-18-13)10-8-9(14)3-4-11(10)15/h3-4,6-8,12,16H,2,5H2,1H3,(H,17,18). The molecule has 0 saturated carbocycles. The van der Waals surface area contributed by atoms with Crippen molar-refractivity contribution in [3.63, 3.8) is 0 Å². The van der Waals surface area contributed by atoms with Crippen LogP contribution >= 0.6 is 23.2 Å². The van der Waals surface area contributed by atoms with Gasteiger partial charge in [-0.1, -0.05) is 30.1 Å². The van der Waals surface area contributed by atoms with E-state index in [1.165, 1.54) is 0 Å². The number of nitrogens with one attached hydrogen (secondary N) is 2. The Morgan fingerprint density at radius 2 is 2.22 bits per heavy atom. The lowest BCUT2D eigenvalue weighted by Gasteiger charge is -2.18. The zero-order chi connectivity index (χ0) is 13.0. The number of aromatic amines is 1. The fourth-order valence-electron chi connectivity index (χ4n) is 1.81. The first-order valence-corrected chi connectivity index (χ1v) is 6.65. The van der Waals surface area contributed by atoms with Crippen molar-refractivity contribution in [3.05, 3.63) is 52.0 Å². The van der Waals surface area contributed by atoms with Crippen LogP contribution in [0, 0.1) is 0 Å². The average molecular weight is 284 g/mol. The number of H-pyrrole nitrogens is 1. The number of halogens is 2. The molecular weight excluding hydrogens is 269 g/mol. The molecule has 2 N–H and O–H groups in total. The molecule has 96 valence electrons. The first-order chi connectivity index (χ1) is 8.72. The first kappa shape index (κ1) is 13.4. The van der Waals surface area contributed by atoms with Crippen molar-refractivity contribution in [1.82, 2.24) is 15.3 Å². The van der Waals surface area contributed by atoms with Crippen molar-refractivity contribution in [2.45, 2.75) is 19.4 Å². The van der Waals surface area contributed by atoms with Crippen LogP contribution in [0.2, 0.25) is 10.0 Å². The van der Waals surface area contributed by atoms with Gasteiger partial charge in [-0.15, -0.1) is 0 Å². The summed E-state index contributed by atoms with van der Waals surface area (Å²) in [5, 5.41) is 4.77. The van der Waals surface area contributed by atoms with E-state index >= 15 is 0 Å². The van der Waals surface area contributed by atoms with Crippen LogP contribution in [-0.2, 0) is 0 Å². The topological polar surface area (TPSA) is 40.7 Å². The van der Waals surface area contributed by atoms with Gasteiger partial charge in [0.05, 0.1) is 6.04 Å². The minimum absolute atomic E-state index is 0.0638. The van der Waals surface area contributed by atoms with Crippen molar-refractivity contribution in [1.29, 1.82) is 0 Å². The third kappa shape index (κ3) is 3.05. The zero-order valence-corrected chi connectivity index (χ0v) is 11.6. The maximum Gasteiger partial charge on any atom is 0.127 e. The number of hydrogen-bond acceptors (Lipinski definition) is 2. The summed E-state index contributed by atoms with van der Waals surface area (Å²) < 4.78 is 0. The van der Waals surface area contributed by atoms with Gasteiger partial charge >= 0.3 is 0 Å². The van der Waals surface area contributed by atoms with Gasteiger partial charge in [-0.3, -0.25) is 0 Å². The van der Waals surface area contributed by atoms with Crippen LogP contribution in [0.4, 0.5) is 0 Å². The van der Waals surface area contributed by atoms with Gasteiger partial charge in [0.25, 0.3) is 0 Å². The van der Waals surface area contributed by atoms with E-state index in [0.29, 0.717) is 10.0 Å². The molecule has 1 aromatic carbocycles. The van der Waals surface area contributed by atoms with Crippen LogP contribution in [0.3, 0.4) is 0 Å². The summed E-state index contributed by atoms with van der Waals surface area (Å²) in [6.45, 7) is 3.00. The summed E-state index contributed by atoms with van der Waals surface area (Å²) in [4.78, 5) is 7.41. The van der Waals surface area contributed by atoms with Crippen molar-refractivity contribution in [2.75, 3.05) is 6.54 Å². The van der Waals surface area contributed by atoms with Crippen molar-refractivity contribution < 1.29 is 0 Å². The number of nitrogens with zero attached hydrogens (tertiary/aromatic N) is 1. The maximum atomic E-state index is 6.25. The van der Waals surface area contributed by atoms with Gasteiger partial charge in [0.15, 0.2) is 0 Å². The molecular formula is C13H15Cl2N3. The van der Waals surface area contributed by atoms with E-state index in [2.05, 4.69) is 22.2 Å². The molecule has 0 amide bonds. The Balaban J connectivity index is 2.36. The van der Waals surface area contributed by atoms with E-state index in [-0.39, 0.29) is 6.04 Å². The van der Waals surface area contributed by atoms with Crippen LogP contribution in [0.5, 0.6) is 0 Å². The summed E-state index contributed by atoms with van der Waals surface area (Å²) in [6, 6.07) is 5.40. The quantitative estimate of drug-likeness (QED) is 0.876. The van der Waals surface area contributed by atoms with Gasteiger partial charge in [0, 0.05) is 22.4 Å². The van der Waals surface area contributed by atoms with E-state index in [0.717, 1.165) is 24.4 Å². The minimum atomic E-state index is -0.0638. The molecule has 3 nitrogen and oxygen atoms in total. The summed E-state index contributed by atoms with van der Waals surface area (Å²) >= 11 is 12.3. The smallest absolute Gasteiger partial charge is 0.127 e.